The number of aromatic nitrogens is 2. The molecule has 0 bridgehead atoms. The van der Waals surface area contributed by atoms with Crippen molar-refractivity contribution in [2.75, 3.05) is 13.2 Å². The Morgan fingerprint density at radius 2 is 0.806 bits per heavy atom. The van der Waals surface area contributed by atoms with Gasteiger partial charge >= 0.3 is 0 Å². The van der Waals surface area contributed by atoms with Crippen LogP contribution in [-0.4, -0.2) is 42.4 Å². The van der Waals surface area contributed by atoms with Gasteiger partial charge in [-0.1, -0.05) is 121 Å². The molecular weight excluding hydrogens is 1000 g/mol. The standard InChI is InChI=1S/C26H23NO3S.C23H17NOS.2C7H7.Zr/c28-15-7-8-16-30-24-14-6-3-11-20(24)21-17-31-26(25(21)29)27-22-12-4-1-9-18(22)19-10-2-5-13-23(19)27;1-15-8-2-3-9-16(15)19-14-26-23(22(19)25)24-20-12-6-4-10-17(20)18-11-5-7-13-21(18)24;2*1-7-5-3-2-4-6-7;/h1-6,9-14,17,28-29H,7-8,15-16H2;2-14,25H,1H3;2*2-6H,1H2;/q;;2*-1;/p+2. The molecular formula is C63H56N2O4S2Zr. The van der Waals surface area contributed by atoms with E-state index in [1.54, 1.807) is 22.7 Å². The number of nitrogens with zero attached hydrogens (tertiary/aromatic N) is 2. The second kappa shape index (κ2) is 24.2. The van der Waals surface area contributed by atoms with Crippen LogP contribution < -0.4 is 0 Å². The van der Waals surface area contributed by atoms with Crippen molar-refractivity contribution in [2.24, 2.45) is 0 Å². The fourth-order valence-corrected chi connectivity index (χ4v) is 10.8. The maximum Gasteiger partial charge on any atom is 0.262 e. The molecule has 12 aromatic rings. The molecule has 0 amide bonds. The summed E-state index contributed by atoms with van der Waals surface area (Å²) >= 11 is 3.13. The van der Waals surface area contributed by atoms with E-state index in [-0.39, 0.29) is 32.0 Å². The van der Waals surface area contributed by atoms with Gasteiger partial charge in [0.1, 0.15) is 16.6 Å². The molecule has 0 saturated carbocycles. The fraction of sp³-hybridized carbons (Fsp3) is 0.0794. The predicted molar refractivity (Wildman–Crippen MR) is 302 cm³/mol. The van der Waals surface area contributed by atoms with Gasteiger partial charge in [0.2, 0.25) is 0 Å². The van der Waals surface area contributed by atoms with E-state index in [0.717, 1.165) is 89.6 Å². The van der Waals surface area contributed by atoms with Gasteiger partial charge in [0.25, 0.3) is 5.75 Å². The molecule has 0 spiro atoms. The van der Waals surface area contributed by atoms with Crippen molar-refractivity contribution in [1.29, 1.82) is 0 Å². The van der Waals surface area contributed by atoms with E-state index in [1.807, 2.05) is 127 Å². The van der Waals surface area contributed by atoms with Gasteiger partial charge in [-0.25, -0.2) is 0 Å². The van der Waals surface area contributed by atoms with E-state index in [1.165, 1.54) is 21.5 Å². The Morgan fingerprint density at radius 3 is 1.21 bits per heavy atom. The number of benzene rings is 8. The van der Waals surface area contributed by atoms with Crippen molar-refractivity contribution < 1.29 is 46.3 Å². The molecule has 0 radical (unpaired) electrons. The molecule has 4 heterocycles. The van der Waals surface area contributed by atoms with E-state index in [9.17, 15) is 10.2 Å². The SMILES string of the molecule is Cc1ccccc1-c1csc(-n2c3ccccc3c3ccccc32)c1O.Oc1c(-c2ccccc2[OH+]CCCC[OH2+])csc1-n1c2ccccc2c2ccccc21.[CH2-]c1ccccc1.[CH2-]c1ccccc1.[Zr]. The van der Waals surface area contributed by atoms with Crippen LogP contribution in [0.15, 0.2) is 217 Å². The van der Waals surface area contributed by atoms with Gasteiger partial charge in [0.15, 0.2) is 18.1 Å². The van der Waals surface area contributed by atoms with Gasteiger partial charge in [0.05, 0.1) is 27.6 Å². The Hall–Kier alpha value is -7.26. The minimum atomic E-state index is 0. The number of hydrogen-bond acceptors (Lipinski definition) is 4. The Kier molecular flexibility index (Phi) is 17.2. The van der Waals surface area contributed by atoms with E-state index in [0.29, 0.717) is 19.0 Å². The number of aliphatic hydroxyl groups is 1. The monoisotopic (exact) mass is 1060 g/mol. The third-order valence-corrected chi connectivity index (χ3v) is 14.1. The van der Waals surface area contributed by atoms with Crippen LogP contribution in [0.3, 0.4) is 0 Å². The number of hydrogen-bond donors (Lipinski definition) is 2. The molecule has 6 nitrogen and oxygen atoms in total. The summed E-state index contributed by atoms with van der Waals surface area (Å²) in [5.41, 5.74) is 11.4. The van der Waals surface area contributed by atoms with Crippen molar-refractivity contribution in [1.82, 2.24) is 9.13 Å². The van der Waals surface area contributed by atoms with E-state index in [4.69, 9.17) is 9.84 Å². The molecule has 358 valence electrons. The van der Waals surface area contributed by atoms with E-state index >= 15 is 0 Å². The number of aryl methyl sites for hydroxylation is 1. The normalized spacial score (nSPS) is 10.7. The quantitative estimate of drug-likeness (QED) is 0.0857. The Labute approximate surface area is 448 Å². The minimum absolute atomic E-state index is 0. The first-order chi connectivity index (χ1) is 34.8. The van der Waals surface area contributed by atoms with Crippen molar-refractivity contribution in [3.05, 3.63) is 248 Å². The van der Waals surface area contributed by atoms with Gasteiger partial charge in [-0.05, 0) is 48.4 Å². The molecule has 5 N–H and O–H groups in total. The van der Waals surface area contributed by atoms with Crippen LogP contribution in [-0.2, 0) is 26.2 Å². The Balaban J connectivity index is 0.000000151. The molecule has 8 aromatic carbocycles. The van der Waals surface area contributed by atoms with Gasteiger partial charge in [-0.2, -0.15) is 49.2 Å². The van der Waals surface area contributed by atoms with Crippen LogP contribution in [0, 0.1) is 20.8 Å². The maximum absolute atomic E-state index is 11.3. The number of unbranched alkanes of at least 4 members (excludes halogenated alkanes) is 1. The molecule has 12 rings (SSSR count). The van der Waals surface area contributed by atoms with Crippen molar-refractivity contribution in [3.63, 3.8) is 0 Å². The summed E-state index contributed by atoms with van der Waals surface area (Å²) in [6, 6.07) is 69.3. The zero-order chi connectivity index (χ0) is 49.1. The smallest absolute Gasteiger partial charge is 0.262 e. The number of thiophene rings is 2. The average molecular weight is 1060 g/mol. The maximum atomic E-state index is 11.3. The molecule has 4 aromatic heterocycles. The second-order valence-corrected chi connectivity index (χ2v) is 18.7. The molecule has 0 fully saturated rings. The van der Waals surface area contributed by atoms with Crippen LogP contribution in [0.4, 0.5) is 0 Å². The van der Waals surface area contributed by atoms with Crippen LogP contribution >= 0.6 is 22.7 Å². The number of rotatable bonds is 9. The number of aromatic hydroxyl groups is 3. The number of fused-ring (bicyclic) bond motifs is 6. The molecule has 9 heteroatoms. The molecule has 0 aliphatic heterocycles. The summed E-state index contributed by atoms with van der Waals surface area (Å²) < 4.78 is 9.06. The van der Waals surface area contributed by atoms with Crippen molar-refractivity contribution in [3.8, 4) is 49.5 Å². The average Bonchev–Trinajstić information content (AvgIpc) is 4.16. The van der Waals surface area contributed by atoms with Gasteiger partial charge in [0, 0.05) is 88.5 Å². The van der Waals surface area contributed by atoms with Crippen LogP contribution in [0.1, 0.15) is 29.5 Å². The zero-order valence-corrected chi connectivity index (χ0v) is 44.2. The van der Waals surface area contributed by atoms with Crippen molar-refractivity contribution >= 4 is 66.3 Å². The molecule has 0 aliphatic rings. The predicted octanol–water partition coefficient (Wildman–Crippen LogP) is 16.2. The summed E-state index contributed by atoms with van der Waals surface area (Å²) in [5.74, 6) is 1.51. The van der Waals surface area contributed by atoms with E-state index < -0.39 is 0 Å². The van der Waals surface area contributed by atoms with Crippen LogP contribution in [0.25, 0.3) is 75.9 Å². The largest absolute Gasteiger partial charge is 0.582 e. The summed E-state index contributed by atoms with van der Waals surface area (Å²) in [6.45, 7) is 10.6. The molecule has 0 aliphatic carbocycles. The van der Waals surface area contributed by atoms with E-state index in [2.05, 4.69) is 120 Å². The fourth-order valence-electron chi connectivity index (χ4n) is 8.77. The molecule has 0 atom stereocenters. The minimum Gasteiger partial charge on any atom is -0.582 e. The van der Waals surface area contributed by atoms with Gasteiger partial charge in [-0.15, -0.1) is 46.9 Å². The van der Waals surface area contributed by atoms with Gasteiger partial charge < -0.3 is 20.1 Å². The molecule has 0 saturated heterocycles. The first-order valence-corrected chi connectivity index (χ1v) is 25.4. The van der Waals surface area contributed by atoms with Crippen LogP contribution in [0.5, 0.6) is 17.2 Å². The summed E-state index contributed by atoms with van der Waals surface area (Å²) in [7, 11) is 0. The van der Waals surface area contributed by atoms with Gasteiger partial charge in [-0.3, -0.25) is 9.13 Å². The summed E-state index contributed by atoms with van der Waals surface area (Å²) in [5, 5.41) is 40.2. The summed E-state index contributed by atoms with van der Waals surface area (Å²) in [6.07, 6.45) is 1.76. The topological polar surface area (TPSA) is 86.0 Å². The summed E-state index contributed by atoms with van der Waals surface area (Å²) in [4.78, 5) is 0. The molecule has 0 unspecified atom stereocenters. The first-order valence-electron chi connectivity index (χ1n) is 23.6. The third kappa shape index (κ3) is 11.1. The number of ether oxygens (including phenoxy) is 1. The Bertz CT molecular complexity index is 3530. The number of para-hydroxylation sites is 5. The Morgan fingerprint density at radius 1 is 0.444 bits per heavy atom. The zero-order valence-electron chi connectivity index (χ0n) is 40.1. The third-order valence-electron chi connectivity index (χ3n) is 12.2. The van der Waals surface area contributed by atoms with Crippen LogP contribution in [0.2, 0.25) is 0 Å². The second-order valence-electron chi connectivity index (χ2n) is 17.0. The van der Waals surface area contributed by atoms with Crippen molar-refractivity contribution in [2.45, 2.75) is 19.8 Å². The molecule has 72 heavy (non-hydrogen) atoms. The first kappa shape index (κ1) is 51.1.